The van der Waals surface area contributed by atoms with Crippen LogP contribution in [0, 0.1) is 5.92 Å². The van der Waals surface area contributed by atoms with Crippen LogP contribution in [-0.2, 0) is 13.0 Å². The number of hydrogen-bond donors (Lipinski definition) is 0. The van der Waals surface area contributed by atoms with E-state index in [-0.39, 0.29) is 0 Å². The first kappa shape index (κ1) is 12.0. The summed E-state index contributed by atoms with van der Waals surface area (Å²) in [7, 11) is 0. The summed E-state index contributed by atoms with van der Waals surface area (Å²) < 4.78 is 2.00. The smallest absolute Gasteiger partial charge is 0.0521 e. The monoisotopic (exact) mass is 240 g/mol. The van der Waals surface area contributed by atoms with Crippen molar-refractivity contribution in [1.29, 1.82) is 0 Å². The molecule has 2 unspecified atom stereocenters. The summed E-state index contributed by atoms with van der Waals surface area (Å²) in [5.41, 5.74) is 1.35. The molecular weight excluding hydrogens is 220 g/mol. The van der Waals surface area contributed by atoms with Crippen molar-refractivity contribution in [3.63, 3.8) is 0 Å². The third kappa shape index (κ3) is 3.00. The van der Waals surface area contributed by atoms with Crippen LogP contribution in [0.2, 0.25) is 0 Å². The molecule has 1 aliphatic carbocycles. The van der Waals surface area contributed by atoms with Gasteiger partial charge < -0.3 is 0 Å². The standard InChI is InChI=1S/C13H21ClN2/c1-2-16-10-11(9-15-16)8-12-6-4-3-5-7-13(12)14/h9-10,12-13H,2-8H2,1H3. The maximum atomic E-state index is 6.45. The Kier molecular flexibility index (Phi) is 4.28. The highest BCUT2D eigenvalue weighted by Gasteiger charge is 2.22. The summed E-state index contributed by atoms with van der Waals surface area (Å²) >= 11 is 6.45. The summed E-state index contributed by atoms with van der Waals surface area (Å²) in [6, 6.07) is 0. The van der Waals surface area contributed by atoms with Crippen LogP contribution in [-0.4, -0.2) is 15.2 Å². The van der Waals surface area contributed by atoms with E-state index in [1.165, 1.54) is 37.7 Å². The van der Waals surface area contributed by atoms with E-state index in [4.69, 9.17) is 11.6 Å². The number of hydrogen-bond acceptors (Lipinski definition) is 1. The molecule has 90 valence electrons. The van der Waals surface area contributed by atoms with Crippen LogP contribution in [0.25, 0.3) is 0 Å². The van der Waals surface area contributed by atoms with Gasteiger partial charge in [0.05, 0.1) is 6.20 Å². The molecule has 0 bridgehead atoms. The lowest BCUT2D eigenvalue weighted by Gasteiger charge is -2.18. The lowest BCUT2D eigenvalue weighted by Crippen LogP contribution is -2.15. The summed E-state index contributed by atoms with van der Waals surface area (Å²) in [4.78, 5) is 0. The molecule has 0 aromatic carbocycles. The topological polar surface area (TPSA) is 17.8 Å². The molecule has 2 nitrogen and oxygen atoms in total. The first-order valence-corrected chi connectivity index (χ1v) is 6.88. The molecule has 3 heteroatoms. The fraction of sp³-hybridized carbons (Fsp3) is 0.769. The van der Waals surface area contributed by atoms with Crippen molar-refractivity contribution in [2.45, 2.75) is 57.4 Å². The van der Waals surface area contributed by atoms with Crippen molar-refractivity contribution < 1.29 is 0 Å². The third-order valence-corrected chi connectivity index (χ3v) is 4.15. The van der Waals surface area contributed by atoms with Gasteiger partial charge in [0.15, 0.2) is 0 Å². The fourth-order valence-electron chi connectivity index (χ4n) is 2.56. The minimum absolute atomic E-state index is 0.368. The Morgan fingerprint density at radius 1 is 1.38 bits per heavy atom. The molecule has 2 atom stereocenters. The van der Waals surface area contributed by atoms with E-state index >= 15 is 0 Å². The molecule has 0 spiro atoms. The van der Waals surface area contributed by atoms with E-state index in [2.05, 4.69) is 18.2 Å². The van der Waals surface area contributed by atoms with Crippen LogP contribution in [0.1, 0.15) is 44.6 Å². The van der Waals surface area contributed by atoms with Crippen molar-refractivity contribution in [3.05, 3.63) is 18.0 Å². The highest BCUT2D eigenvalue weighted by atomic mass is 35.5. The Hall–Kier alpha value is -0.500. The van der Waals surface area contributed by atoms with Crippen LogP contribution in [0.4, 0.5) is 0 Å². The average Bonchev–Trinajstić information content (AvgIpc) is 2.65. The third-order valence-electron chi connectivity index (χ3n) is 3.57. The molecule has 0 saturated heterocycles. The highest BCUT2D eigenvalue weighted by Crippen LogP contribution is 2.30. The van der Waals surface area contributed by atoms with E-state index in [9.17, 15) is 0 Å². The van der Waals surface area contributed by atoms with E-state index in [0.717, 1.165) is 13.0 Å². The Balaban J connectivity index is 1.96. The second-order valence-electron chi connectivity index (χ2n) is 4.82. The van der Waals surface area contributed by atoms with Gasteiger partial charge in [-0.1, -0.05) is 19.3 Å². The second-order valence-corrected chi connectivity index (χ2v) is 5.38. The molecule has 1 aliphatic rings. The average molecular weight is 241 g/mol. The van der Waals surface area contributed by atoms with Gasteiger partial charge in [0, 0.05) is 18.1 Å². The summed E-state index contributed by atoms with van der Waals surface area (Å²) in [6.45, 7) is 3.07. The largest absolute Gasteiger partial charge is 0.273 e. The number of nitrogens with zero attached hydrogens (tertiary/aromatic N) is 2. The zero-order chi connectivity index (χ0) is 11.4. The highest BCUT2D eigenvalue weighted by molar-refractivity contribution is 6.20. The van der Waals surface area contributed by atoms with Crippen LogP contribution in [0.15, 0.2) is 12.4 Å². The maximum absolute atomic E-state index is 6.45. The lowest BCUT2D eigenvalue weighted by molar-refractivity contribution is 0.465. The van der Waals surface area contributed by atoms with Gasteiger partial charge in [-0.3, -0.25) is 4.68 Å². The second kappa shape index (κ2) is 5.72. The molecular formula is C13H21ClN2. The molecule has 0 radical (unpaired) electrons. The minimum Gasteiger partial charge on any atom is -0.273 e. The fourth-order valence-corrected chi connectivity index (χ4v) is 2.93. The number of alkyl halides is 1. The molecule has 1 aromatic rings. The predicted octanol–water partition coefficient (Wildman–Crippen LogP) is 3.63. The van der Waals surface area contributed by atoms with Crippen LogP contribution >= 0.6 is 11.6 Å². The van der Waals surface area contributed by atoms with Crippen LogP contribution in [0.3, 0.4) is 0 Å². The van der Waals surface area contributed by atoms with Gasteiger partial charge in [-0.2, -0.15) is 5.10 Å². The van der Waals surface area contributed by atoms with Crippen molar-refractivity contribution in [3.8, 4) is 0 Å². The lowest BCUT2D eigenvalue weighted by atomic mass is 9.93. The van der Waals surface area contributed by atoms with Gasteiger partial charge in [0.1, 0.15) is 0 Å². The Morgan fingerprint density at radius 2 is 2.19 bits per heavy atom. The first-order chi connectivity index (χ1) is 7.79. The van der Waals surface area contributed by atoms with Gasteiger partial charge in [-0.15, -0.1) is 11.6 Å². The van der Waals surface area contributed by atoms with E-state index in [1.807, 2.05) is 10.9 Å². The molecule has 0 aliphatic heterocycles. The van der Waals surface area contributed by atoms with E-state index in [0.29, 0.717) is 11.3 Å². The van der Waals surface area contributed by atoms with E-state index < -0.39 is 0 Å². The molecule has 0 amide bonds. The Morgan fingerprint density at radius 3 is 2.94 bits per heavy atom. The van der Waals surface area contributed by atoms with Crippen molar-refractivity contribution in [2.75, 3.05) is 0 Å². The molecule has 16 heavy (non-hydrogen) atoms. The SMILES string of the molecule is CCn1cc(CC2CCCCCC2Cl)cn1. The van der Waals surface area contributed by atoms with Gasteiger partial charge in [0.25, 0.3) is 0 Å². The first-order valence-electron chi connectivity index (χ1n) is 6.45. The molecule has 0 N–H and O–H groups in total. The minimum atomic E-state index is 0.368. The van der Waals surface area contributed by atoms with Crippen LogP contribution in [0.5, 0.6) is 0 Å². The van der Waals surface area contributed by atoms with Gasteiger partial charge in [-0.25, -0.2) is 0 Å². The number of rotatable bonds is 3. The zero-order valence-electron chi connectivity index (χ0n) is 10.0. The quantitative estimate of drug-likeness (QED) is 0.583. The number of aryl methyl sites for hydroxylation is 1. The maximum Gasteiger partial charge on any atom is 0.0521 e. The molecule has 2 rings (SSSR count). The molecule has 1 heterocycles. The number of halogens is 1. The molecule has 1 aromatic heterocycles. The number of aromatic nitrogens is 2. The van der Waals surface area contributed by atoms with Gasteiger partial charge >= 0.3 is 0 Å². The predicted molar refractivity (Wildman–Crippen MR) is 67.8 cm³/mol. The molecule has 1 saturated carbocycles. The zero-order valence-corrected chi connectivity index (χ0v) is 10.8. The van der Waals surface area contributed by atoms with Crippen molar-refractivity contribution >= 4 is 11.6 Å². The van der Waals surface area contributed by atoms with E-state index in [1.54, 1.807) is 0 Å². The normalized spacial score (nSPS) is 26.6. The summed E-state index contributed by atoms with van der Waals surface area (Å²) in [6.07, 6.45) is 11.7. The van der Waals surface area contributed by atoms with Gasteiger partial charge in [0.2, 0.25) is 0 Å². The Labute approximate surface area is 103 Å². The summed E-state index contributed by atoms with van der Waals surface area (Å²) in [5.74, 6) is 0.652. The van der Waals surface area contributed by atoms with Crippen molar-refractivity contribution in [2.24, 2.45) is 5.92 Å². The summed E-state index contributed by atoms with van der Waals surface area (Å²) in [5, 5.41) is 4.69. The van der Waals surface area contributed by atoms with Gasteiger partial charge in [-0.05, 0) is 37.7 Å². The molecule has 1 fully saturated rings. The van der Waals surface area contributed by atoms with Crippen molar-refractivity contribution in [1.82, 2.24) is 9.78 Å². The van der Waals surface area contributed by atoms with Crippen LogP contribution < -0.4 is 0 Å². The Bertz CT molecular complexity index is 321.